The number of fused-ring (bicyclic) bond motifs is 1. The number of aliphatic hydroxyl groups excluding tert-OH is 1. The van der Waals surface area contributed by atoms with Crippen LogP contribution in [0.4, 0.5) is 0 Å². The van der Waals surface area contributed by atoms with Gasteiger partial charge >= 0.3 is 0 Å². The lowest BCUT2D eigenvalue weighted by molar-refractivity contribution is -0.132. The molecule has 0 saturated heterocycles. The number of aryl methyl sites for hydroxylation is 1. The molecule has 134 valence electrons. The Morgan fingerprint density at radius 3 is 2.77 bits per heavy atom. The van der Waals surface area contributed by atoms with E-state index in [1.54, 1.807) is 4.90 Å². The van der Waals surface area contributed by atoms with Gasteiger partial charge in [-0.05, 0) is 12.1 Å². The summed E-state index contributed by atoms with van der Waals surface area (Å²) < 4.78 is 7.73. The van der Waals surface area contributed by atoms with E-state index >= 15 is 0 Å². The van der Waals surface area contributed by atoms with Gasteiger partial charge in [-0.3, -0.25) is 4.79 Å². The zero-order chi connectivity index (χ0) is 17.9. The maximum Gasteiger partial charge on any atom is 0.223 e. The first-order valence-electron chi connectivity index (χ1n) is 8.68. The highest BCUT2D eigenvalue weighted by molar-refractivity contribution is 5.76. The number of rotatable bonds is 5. The molecule has 0 atom stereocenters. The van der Waals surface area contributed by atoms with Gasteiger partial charge in [0.05, 0.1) is 6.54 Å². The van der Waals surface area contributed by atoms with Crippen molar-refractivity contribution in [3.8, 4) is 11.3 Å². The summed E-state index contributed by atoms with van der Waals surface area (Å²) in [6, 6.07) is 13.8. The highest BCUT2D eigenvalue weighted by atomic mass is 16.3. The molecule has 1 aromatic carbocycles. The summed E-state index contributed by atoms with van der Waals surface area (Å²) in [5.41, 5.74) is 1.03. The maximum absolute atomic E-state index is 12.5. The first kappa shape index (κ1) is 16.5. The van der Waals surface area contributed by atoms with Gasteiger partial charge in [0.25, 0.3) is 0 Å². The van der Waals surface area contributed by atoms with E-state index < -0.39 is 0 Å². The Morgan fingerprint density at radius 2 is 1.96 bits per heavy atom. The largest absolute Gasteiger partial charge is 0.461 e. The van der Waals surface area contributed by atoms with Crippen LogP contribution >= 0.6 is 0 Å². The second kappa shape index (κ2) is 7.13. The second-order valence-corrected chi connectivity index (χ2v) is 6.29. The fourth-order valence-corrected chi connectivity index (χ4v) is 3.21. The van der Waals surface area contributed by atoms with Crippen LogP contribution in [0.25, 0.3) is 11.3 Å². The third-order valence-corrected chi connectivity index (χ3v) is 4.63. The molecule has 1 amide bonds. The standard InChI is InChI=1S/C19H20N4O3/c24-13-18-21-20-17-12-22(10-11-23(17)18)19(25)9-7-15-6-8-16(26-15)14-4-2-1-3-5-14/h1-6,8,24H,7,9-13H2. The Kier molecular flexibility index (Phi) is 4.53. The number of furan rings is 1. The summed E-state index contributed by atoms with van der Waals surface area (Å²) in [7, 11) is 0. The van der Waals surface area contributed by atoms with Gasteiger partial charge in [-0.15, -0.1) is 10.2 Å². The van der Waals surface area contributed by atoms with E-state index in [-0.39, 0.29) is 12.5 Å². The molecule has 1 aliphatic heterocycles. The first-order chi connectivity index (χ1) is 12.7. The lowest BCUT2D eigenvalue weighted by atomic mass is 10.2. The van der Waals surface area contributed by atoms with Crippen molar-refractivity contribution in [3.63, 3.8) is 0 Å². The van der Waals surface area contributed by atoms with E-state index in [4.69, 9.17) is 4.42 Å². The molecule has 0 spiro atoms. The van der Waals surface area contributed by atoms with Gasteiger partial charge in [0, 0.05) is 31.5 Å². The smallest absolute Gasteiger partial charge is 0.223 e. The van der Waals surface area contributed by atoms with E-state index in [2.05, 4.69) is 10.2 Å². The summed E-state index contributed by atoms with van der Waals surface area (Å²) in [5, 5.41) is 17.2. The summed E-state index contributed by atoms with van der Waals surface area (Å²) in [6.07, 6.45) is 0.958. The predicted molar refractivity (Wildman–Crippen MR) is 93.8 cm³/mol. The van der Waals surface area contributed by atoms with Gasteiger partial charge in [0.2, 0.25) is 5.91 Å². The van der Waals surface area contributed by atoms with Crippen molar-refractivity contribution in [3.05, 3.63) is 59.9 Å². The van der Waals surface area contributed by atoms with Gasteiger partial charge < -0.3 is 19.0 Å². The number of aliphatic hydroxyl groups is 1. The molecule has 1 N–H and O–H groups in total. The topological polar surface area (TPSA) is 84.4 Å². The SMILES string of the molecule is O=C(CCc1ccc(-c2ccccc2)o1)N1CCn2c(CO)nnc2C1. The summed E-state index contributed by atoms with van der Waals surface area (Å²) in [4.78, 5) is 14.3. The highest BCUT2D eigenvalue weighted by Gasteiger charge is 2.24. The summed E-state index contributed by atoms with van der Waals surface area (Å²) >= 11 is 0. The van der Waals surface area contributed by atoms with Crippen LogP contribution in [0.3, 0.4) is 0 Å². The highest BCUT2D eigenvalue weighted by Crippen LogP contribution is 2.23. The number of hydrogen-bond acceptors (Lipinski definition) is 5. The molecule has 1 aliphatic rings. The van der Waals surface area contributed by atoms with Gasteiger partial charge in [0.1, 0.15) is 18.1 Å². The van der Waals surface area contributed by atoms with Gasteiger partial charge in [0.15, 0.2) is 11.6 Å². The van der Waals surface area contributed by atoms with Crippen LogP contribution in [-0.2, 0) is 30.9 Å². The average molecular weight is 352 g/mol. The van der Waals surface area contributed by atoms with E-state index in [0.717, 1.165) is 22.9 Å². The Bertz CT molecular complexity index is 901. The number of carbonyl (C=O) groups excluding carboxylic acids is 1. The molecule has 0 unspecified atom stereocenters. The van der Waals surface area contributed by atoms with E-state index in [1.807, 2.05) is 47.0 Å². The fourth-order valence-electron chi connectivity index (χ4n) is 3.21. The van der Waals surface area contributed by atoms with Crippen LogP contribution in [-0.4, -0.2) is 37.2 Å². The van der Waals surface area contributed by atoms with Crippen molar-refractivity contribution in [2.45, 2.75) is 32.5 Å². The van der Waals surface area contributed by atoms with Crippen LogP contribution in [0, 0.1) is 0 Å². The van der Waals surface area contributed by atoms with Crippen molar-refractivity contribution in [1.82, 2.24) is 19.7 Å². The zero-order valence-electron chi connectivity index (χ0n) is 14.3. The summed E-state index contributed by atoms with van der Waals surface area (Å²) in [6.45, 7) is 1.51. The molecular weight excluding hydrogens is 332 g/mol. The van der Waals surface area contributed by atoms with Crippen LogP contribution in [0.1, 0.15) is 23.8 Å². The van der Waals surface area contributed by atoms with Gasteiger partial charge in [-0.2, -0.15) is 0 Å². The molecule has 7 heteroatoms. The molecule has 0 radical (unpaired) electrons. The fraction of sp³-hybridized carbons (Fsp3) is 0.316. The average Bonchev–Trinajstić information content (AvgIpc) is 3.33. The minimum absolute atomic E-state index is 0.0717. The molecule has 3 aromatic rings. The number of nitrogens with zero attached hydrogens (tertiary/aromatic N) is 4. The number of carbonyl (C=O) groups is 1. The van der Waals surface area contributed by atoms with E-state index in [9.17, 15) is 9.90 Å². The third kappa shape index (κ3) is 3.25. The predicted octanol–water partition coefficient (Wildman–Crippen LogP) is 2.01. The molecule has 0 saturated carbocycles. The van der Waals surface area contributed by atoms with Crippen LogP contribution in [0.2, 0.25) is 0 Å². The molecular formula is C19H20N4O3. The Morgan fingerprint density at radius 1 is 1.12 bits per heavy atom. The monoisotopic (exact) mass is 352 g/mol. The molecule has 0 bridgehead atoms. The third-order valence-electron chi connectivity index (χ3n) is 4.63. The van der Waals surface area contributed by atoms with Crippen LogP contribution < -0.4 is 0 Å². The molecule has 26 heavy (non-hydrogen) atoms. The minimum Gasteiger partial charge on any atom is -0.461 e. The number of hydrogen-bond donors (Lipinski definition) is 1. The lowest BCUT2D eigenvalue weighted by Crippen LogP contribution is -2.38. The Labute approximate surface area is 150 Å². The maximum atomic E-state index is 12.5. The molecule has 0 fully saturated rings. The van der Waals surface area contributed by atoms with E-state index in [1.165, 1.54) is 0 Å². The molecule has 3 heterocycles. The summed E-state index contributed by atoms with van der Waals surface area (Å²) in [5.74, 6) is 2.97. The van der Waals surface area contributed by atoms with Crippen molar-refractivity contribution in [2.75, 3.05) is 6.54 Å². The zero-order valence-corrected chi connectivity index (χ0v) is 14.3. The van der Waals surface area contributed by atoms with E-state index in [0.29, 0.717) is 38.3 Å². The Balaban J connectivity index is 1.35. The normalized spacial score (nSPS) is 13.7. The van der Waals surface area contributed by atoms with Crippen molar-refractivity contribution < 1.29 is 14.3 Å². The number of aromatic nitrogens is 3. The van der Waals surface area contributed by atoms with Gasteiger partial charge in [-0.25, -0.2) is 0 Å². The molecule has 4 rings (SSSR count). The molecule has 2 aromatic heterocycles. The molecule has 0 aliphatic carbocycles. The quantitative estimate of drug-likeness (QED) is 0.759. The van der Waals surface area contributed by atoms with Crippen molar-refractivity contribution >= 4 is 5.91 Å². The second-order valence-electron chi connectivity index (χ2n) is 6.29. The number of amides is 1. The van der Waals surface area contributed by atoms with Crippen LogP contribution in [0.15, 0.2) is 46.9 Å². The number of benzene rings is 1. The van der Waals surface area contributed by atoms with Gasteiger partial charge in [-0.1, -0.05) is 30.3 Å². The van der Waals surface area contributed by atoms with Crippen LogP contribution in [0.5, 0.6) is 0 Å². The Hall–Kier alpha value is -2.93. The minimum atomic E-state index is -0.136. The van der Waals surface area contributed by atoms with Crippen molar-refractivity contribution in [2.24, 2.45) is 0 Å². The van der Waals surface area contributed by atoms with Crippen molar-refractivity contribution in [1.29, 1.82) is 0 Å². The lowest BCUT2D eigenvalue weighted by Gasteiger charge is -2.27. The first-order valence-corrected chi connectivity index (χ1v) is 8.68. The molecule has 7 nitrogen and oxygen atoms in total.